The Balaban J connectivity index is 2.09. The molecule has 0 radical (unpaired) electrons. The Morgan fingerprint density at radius 3 is 2.79 bits per heavy atom. The molecule has 0 spiro atoms. The van der Waals surface area contributed by atoms with E-state index in [1.807, 2.05) is 20.8 Å². The lowest BCUT2D eigenvalue weighted by molar-refractivity contribution is 0.0523. The zero-order chi connectivity index (χ0) is 14.3. The smallest absolute Gasteiger partial charge is 0.407 e. The van der Waals surface area contributed by atoms with Crippen LogP contribution in [0.5, 0.6) is 0 Å². The average Bonchev–Trinajstić information content (AvgIpc) is 2.72. The molecule has 0 aromatic heterocycles. The molecule has 1 fully saturated rings. The molecule has 19 heavy (non-hydrogen) atoms. The molecule has 0 aromatic carbocycles. The lowest BCUT2D eigenvalue weighted by Crippen LogP contribution is -2.37. The molecule has 1 aliphatic heterocycles. The Morgan fingerprint density at radius 1 is 1.42 bits per heavy atom. The van der Waals surface area contributed by atoms with Crippen LogP contribution in [0.2, 0.25) is 0 Å². The summed E-state index contributed by atoms with van der Waals surface area (Å²) in [5, 5.41) is 6.20. The van der Waals surface area contributed by atoms with Gasteiger partial charge in [-0.05, 0) is 52.7 Å². The van der Waals surface area contributed by atoms with Crippen LogP contribution >= 0.6 is 0 Å². The zero-order valence-electron chi connectivity index (χ0n) is 12.8. The molecule has 5 heteroatoms. The fourth-order valence-corrected chi connectivity index (χ4v) is 2.26. The number of amides is 1. The highest BCUT2D eigenvalue weighted by atomic mass is 16.6. The summed E-state index contributed by atoms with van der Waals surface area (Å²) in [5.74, 6) is 0.751. The van der Waals surface area contributed by atoms with Crippen molar-refractivity contribution in [2.45, 2.75) is 39.7 Å². The maximum atomic E-state index is 11.5. The zero-order valence-corrected chi connectivity index (χ0v) is 12.8. The topological polar surface area (TPSA) is 53.6 Å². The van der Waals surface area contributed by atoms with E-state index in [1.54, 1.807) is 0 Å². The number of likely N-dealkylation sites (tertiary alicyclic amines) is 1. The maximum Gasteiger partial charge on any atom is 0.407 e. The first-order chi connectivity index (χ1) is 8.90. The molecule has 1 atom stereocenters. The normalized spacial score (nSPS) is 20.5. The summed E-state index contributed by atoms with van der Waals surface area (Å²) in [6.07, 6.45) is 0.926. The van der Waals surface area contributed by atoms with E-state index in [-0.39, 0.29) is 6.09 Å². The van der Waals surface area contributed by atoms with Crippen molar-refractivity contribution >= 4 is 6.09 Å². The van der Waals surface area contributed by atoms with E-state index in [0.29, 0.717) is 6.54 Å². The first-order valence-corrected chi connectivity index (χ1v) is 7.30. The van der Waals surface area contributed by atoms with Gasteiger partial charge in [0.25, 0.3) is 0 Å². The maximum absolute atomic E-state index is 11.5. The standard InChI is InChI=1S/C14H29N3O2/c1-5-15-10-12-6-8-17(11-12)9-7-16-13(18)19-14(2,3)4/h12,15H,5-11H2,1-4H3,(H,16,18). The highest BCUT2D eigenvalue weighted by Crippen LogP contribution is 2.14. The minimum absolute atomic E-state index is 0.323. The second kappa shape index (κ2) is 7.70. The largest absolute Gasteiger partial charge is 0.444 e. The summed E-state index contributed by atoms with van der Waals surface area (Å²) >= 11 is 0. The van der Waals surface area contributed by atoms with E-state index in [1.165, 1.54) is 6.42 Å². The number of hydrogen-bond donors (Lipinski definition) is 2. The Labute approximate surface area is 117 Å². The van der Waals surface area contributed by atoms with Gasteiger partial charge in [0.2, 0.25) is 0 Å². The van der Waals surface area contributed by atoms with E-state index >= 15 is 0 Å². The van der Waals surface area contributed by atoms with Crippen LogP contribution in [-0.4, -0.2) is 55.9 Å². The fourth-order valence-electron chi connectivity index (χ4n) is 2.26. The molecule has 0 aliphatic carbocycles. The number of nitrogens with one attached hydrogen (secondary N) is 2. The highest BCUT2D eigenvalue weighted by molar-refractivity contribution is 5.67. The SMILES string of the molecule is CCNCC1CCN(CCNC(=O)OC(C)(C)C)C1. The third-order valence-corrected chi connectivity index (χ3v) is 3.15. The monoisotopic (exact) mass is 271 g/mol. The molecule has 0 aromatic rings. The van der Waals surface area contributed by atoms with Crippen molar-refractivity contribution in [1.29, 1.82) is 0 Å². The third-order valence-electron chi connectivity index (χ3n) is 3.15. The van der Waals surface area contributed by atoms with E-state index < -0.39 is 5.60 Å². The van der Waals surface area contributed by atoms with Gasteiger partial charge < -0.3 is 20.3 Å². The molecule has 5 nitrogen and oxygen atoms in total. The number of hydrogen-bond acceptors (Lipinski definition) is 4. The molecule has 1 heterocycles. The summed E-state index contributed by atoms with van der Waals surface area (Å²) < 4.78 is 5.20. The van der Waals surface area contributed by atoms with Crippen LogP contribution in [0.25, 0.3) is 0 Å². The van der Waals surface area contributed by atoms with Crippen LogP contribution in [-0.2, 0) is 4.74 Å². The van der Waals surface area contributed by atoms with Crippen molar-refractivity contribution in [1.82, 2.24) is 15.5 Å². The fraction of sp³-hybridized carbons (Fsp3) is 0.929. The lowest BCUT2D eigenvalue weighted by atomic mass is 10.1. The van der Waals surface area contributed by atoms with Gasteiger partial charge >= 0.3 is 6.09 Å². The summed E-state index contributed by atoms with van der Waals surface area (Å²) in [4.78, 5) is 13.9. The van der Waals surface area contributed by atoms with Gasteiger partial charge in [0.15, 0.2) is 0 Å². The second-order valence-electron chi connectivity index (χ2n) is 6.19. The van der Waals surface area contributed by atoms with Crippen molar-refractivity contribution in [3.8, 4) is 0 Å². The molecule has 1 unspecified atom stereocenters. The van der Waals surface area contributed by atoms with Gasteiger partial charge in [-0.3, -0.25) is 0 Å². The number of alkyl carbamates (subject to hydrolysis) is 1. The molecule has 1 saturated heterocycles. The molecule has 0 bridgehead atoms. The van der Waals surface area contributed by atoms with Gasteiger partial charge in [-0.1, -0.05) is 6.92 Å². The predicted octanol–water partition coefficient (Wildman–Crippen LogP) is 1.44. The van der Waals surface area contributed by atoms with Crippen molar-refractivity contribution in [3.63, 3.8) is 0 Å². The minimum atomic E-state index is -0.422. The van der Waals surface area contributed by atoms with Crippen LogP contribution in [0.3, 0.4) is 0 Å². The Bertz CT molecular complexity index is 276. The number of ether oxygens (including phenoxy) is 1. The molecule has 1 amide bonds. The van der Waals surface area contributed by atoms with E-state index in [4.69, 9.17) is 4.74 Å². The predicted molar refractivity (Wildman–Crippen MR) is 77.3 cm³/mol. The van der Waals surface area contributed by atoms with E-state index in [2.05, 4.69) is 22.5 Å². The number of carbonyl (C=O) groups excluding carboxylic acids is 1. The summed E-state index contributed by atoms with van der Waals surface area (Å²) in [5.41, 5.74) is -0.422. The number of rotatable bonds is 6. The minimum Gasteiger partial charge on any atom is -0.444 e. The molecule has 1 rings (SSSR count). The van der Waals surface area contributed by atoms with Crippen molar-refractivity contribution in [3.05, 3.63) is 0 Å². The summed E-state index contributed by atoms with van der Waals surface area (Å²) in [6.45, 7) is 13.7. The van der Waals surface area contributed by atoms with Gasteiger partial charge in [0, 0.05) is 19.6 Å². The van der Waals surface area contributed by atoms with Crippen LogP contribution in [0, 0.1) is 5.92 Å². The molecule has 112 valence electrons. The Kier molecular flexibility index (Phi) is 6.58. The molecular formula is C14H29N3O2. The first kappa shape index (κ1) is 16.2. The van der Waals surface area contributed by atoms with Crippen LogP contribution in [0.15, 0.2) is 0 Å². The van der Waals surface area contributed by atoms with Gasteiger partial charge in [-0.2, -0.15) is 0 Å². The highest BCUT2D eigenvalue weighted by Gasteiger charge is 2.22. The number of carbonyl (C=O) groups is 1. The first-order valence-electron chi connectivity index (χ1n) is 7.30. The number of nitrogens with zero attached hydrogens (tertiary/aromatic N) is 1. The molecular weight excluding hydrogens is 242 g/mol. The van der Waals surface area contributed by atoms with Crippen molar-refractivity contribution in [2.24, 2.45) is 5.92 Å². The molecule has 0 saturated carbocycles. The third kappa shape index (κ3) is 7.38. The quantitative estimate of drug-likeness (QED) is 0.767. The molecule has 1 aliphatic rings. The lowest BCUT2D eigenvalue weighted by Gasteiger charge is -2.21. The van der Waals surface area contributed by atoms with Gasteiger partial charge in [-0.25, -0.2) is 4.79 Å². The Hall–Kier alpha value is -0.810. The second-order valence-corrected chi connectivity index (χ2v) is 6.19. The summed E-state index contributed by atoms with van der Waals surface area (Å²) in [7, 11) is 0. The summed E-state index contributed by atoms with van der Waals surface area (Å²) in [6, 6.07) is 0. The average molecular weight is 271 g/mol. The van der Waals surface area contributed by atoms with Gasteiger partial charge in [0.1, 0.15) is 5.60 Å². The van der Waals surface area contributed by atoms with Crippen LogP contribution < -0.4 is 10.6 Å². The van der Waals surface area contributed by atoms with Gasteiger partial charge in [0.05, 0.1) is 0 Å². The van der Waals surface area contributed by atoms with Crippen LogP contribution in [0.4, 0.5) is 4.79 Å². The van der Waals surface area contributed by atoms with Crippen molar-refractivity contribution < 1.29 is 9.53 Å². The van der Waals surface area contributed by atoms with Crippen LogP contribution in [0.1, 0.15) is 34.1 Å². The van der Waals surface area contributed by atoms with Crippen molar-refractivity contribution in [2.75, 3.05) is 39.3 Å². The molecule has 2 N–H and O–H groups in total. The van der Waals surface area contributed by atoms with E-state index in [0.717, 1.165) is 38.6 Å². The van der Waals surface area contributed by atoms with Gasteiger partial charge in [-0.15, -0.1) is 0 Å². The van der Waals surface area contributed by atoms with E-state index in [9.17, 15) is 4.79 Å². The Morgan fingerprint density at radius 2 is 2.16 bits per heavy atom.